The van der Waals surface area contributed by atoms with Gasteiger partial charge in [-0.3, -0.25) is 24.6 Å². The summed E-state index contributed by atoms with van der Waals surface area (Å²) in [5, 5.41) is 16.2. The Balaban J connectivity index is 1.93. The van der Waals surface area contributed by atoms with Crippen molar-refractivity contribution < 1.29 is 14.5 Å². The molecule has 1 atom stereocenters. The molecule has 1 heterocycles. The third kappa shape index (κ3) is 4.29. The van der Waals surface area contributed by atoms with Crippen LogP contribution in [0.3, 0.4) is 0 Å². The predicted molar refractivity (Wildman–Crippen MR) is 89.7 cm³/mol. The number of carbonyl (C=O) groups excluding carboxylic acids is 2. The Morgan fingerprint density at radius 2 is 2.17 bits per heavy atom. The topological polar surface area (TPSA) is 105 Å². The Labute approximate surface area is 140 Å². The molecular weight excluding hydrogens is 312 g/mol. The van der Waals surface area contributed by atoms with Crippen LogP contribution >= 0.6 is 0 Å². The SMILES string of the molecule is CNC(=O)[C@H]1CCCN1CCC(=O)Nc1cc([N+](=O)[O-])ccc1C. The first kappa shape index (κ1) is 17.9. The second-order valence-electron chi connectivity index (χ2n) is 5.86. The Bertz CT molecular complexity index is 647. The van der Waals surface area contributed by atoms with Gasteiger partial charge in [0.1, 0.15) is 0 Å². The highest BCUT2D eigenvalue weighted by molar-refractivity contribution is 5.92. The highest BCUT2D eigenvalue weighted by atomic mass is 16.6. The van der Waals surface area contributed by atoms with Gasteiger partial charge in [-0.2, -0.15) is 0 Å². The number of anilines is 1. The second kappa shape index (κ2) is 7.87. The lowest BCUT2D eigenvalue weighted by molar-refractivity contribution is -0.384. The molecule has 0 unspecified atom stereocenters. The van der Waals surface area contributed by atoms with Gasteiger partial charge in [0.15, 0.2) is 0 Å². The zero-order chi connectivity index (χ0) is 17.7. The summed E-state index contributed by atoms with van der Waals surface area (Å²) in [6, 6.07) is 4.19. The lowest BCUT2D eigenvalue weighted by Gasteiger charge is -2.22. The van der Waals surface area contributed by atoms with Gasteiger partial charge < -0.3 is 10.6 Å². The molecule has 24 heavy (non-hydrogen) atoms. The largest absolute Gasteiger partial charge is 0.358 e. The Hall–Kier alpha value is -2.48. The van der Waals surface area contributed by atoms with Gasteiger partial charge in [-0.15, -0.1) is 0 Å². The average molecular weight is 334 g/mol. The van der Waals surface area contributed by atoms with Crippen LogP contribution in [0.5, 0.6) is 0 Å². The molecule has 0 radical (unpaired) electrons. The number of benzene rings is 1. The molecule has 1 saturated heterocycles. The van der Waals surface area contributed by atoms with Gasteiger partial charge in [0.25, 0.3) is 5.69 Å². The fraction of sp³-hybridized carbons (Fsp3) is 0.500. The summed E-state index contributed by atoms with van der Waals surface area (Å²) in [5.41, 5.74) is 1.15. The Morgan fingerprint density at radius 1 is 1.42 bits per heavy atom. The molecule has 0 saturated carbocycles. The van der Waals surface area contributed by atoms with Gasteiger partial charge in [-0.1, -0.05) is 6.07 Å². The summed E-state index contributed by atoms with van der Waals surface area (Å²) in [7, 11) is 1.61. The molecule has 2 N–H and O–H groups in total. The second-order valence-corrected chi connectivity index (χ2v) is 5.86. The minimum Gasteiger partial charge on any atom is -0.358 e. The van der Waals surface area contributed by atoms with Gasteiger partial charge in [0, 0.05) is 32.1 Å². The number of hydrogen-bond donors (Lipinski definition) is 2. The van der Waals surface area contributed by atoms with Gasteiger partial charge in [0.05, 0.1) is 16.7 Å². The van der Waals surface area contributed by atoms with E-state index >= 15 is 0 Å². The monoisotopic (exact) mass is 334 g/mol. The summed E-state index contributed by atoms with van der Waals surface area (Å²) in [6.45, 7) is 3.06. The molecule has 2 amide bonds. The van der Waals surface area contributed by atoms with Crippen LogP contribution < -0.4 is 10.6 Å². The fourth-order valence-corrected chi connectivity index (χ4v) is 2.87. The number of nitrogens with zero attached hydrogens (tertiary/aromatic N) is 2. The number of aryl methyl sites for hydroxylation is 1. The maximum absolute atomic E-state index is 12.1. The first-order valence-electron chi connectivity index (χ1n) is 7.93. The number of likely N-dealkylation sites (tertiary alicyclic amines) is 1. The molecule has 1 aromatic carbocycles. The van der Waals surface area contributed by atoms with Crippen molar-refractivity contribution in [3.05, 3.63) is 33.9 Å². The first-order valence-corrected chi connectivity index (χ1v) is 7.93. The molecule has 0 spiro atoms. The molecule has 130 valence electrons. The van der Waals surface area contributed by atoms with E-state index in [2.05, 4.69) is 10.6 Å². The minimum absolute atomic E-state index is 0.0255. The van der Waals surface area contributed by atoms with E-state index in [1.54, 1.807) is 20.0 Å². The highest BCUT2D eigenvalue weighted by Crippen LogP contribution is 2.22. The number of nitro benzene ring substituents is 1. The molecule has 0 bridgehead atoms. The number of non-ortho nitro benzene ring substituents is 1. The number of nitro groups is 1. The van der Waals surface area contributed by atoms with Gasteiger partial charge in [-0.05, 0) is 31.9 Å². The van der Waals surface area contributed by atoms with Gasteiger partial charge in [0.2, 0.25) is 11.8 Å². The zero-order valence-corrected chi connectivity index (χ0v) is 13.9. The van der Waals surface area contributed by atoms with Crippen LogP contribution in [0.2, 0.25) is 0 Å². The number of amides is 2. The molecule has 2 rings (SSSR count). The van der Waals surface area contributed by atoms with Crippen molar-refractivity contribution in [2.24, 2.45) is 0 Å². The smallest absolute Gasteiger partial charge is 0.271 e. The molecule has 1 fully saturated rings. The van der Waals surface area contributed by atoms with Crippen LogP contribution in [0.4, 0.5) is 11.4 Å². The fourth-order valence-electron chi connectivity index (χ4n) is 2.87. The number of carbonyl (C=O) groups is 2. The normalized spacial score (nSPS) is 17.5. The maximum Gasteiger partial charge on any atom is 0.271 e. The van der Waals surface area contributed by atoms with Crippen LogP contribution in [0, 0.1) is 17.0 Å². The standard InChI is InChI=1S/C16H22N4O4/c1-11-5-6-12(20(23)24)10-13(11)18-15(21)7-9-19-8-3-4-14(19)16(22)17-2/h5-6,10,14H,3-4,7-9H2,1-2H3,(H,17,22)(H,18,21)/t14-/m1/s1. The lowest BCUT2D eigenvalue weighted by Crippen LogP contribution is -2.42. The lowest BCUT2D eigenvalue weighted by atomic mass is 10.1. The summed E-state index contributed by atoms with van der Waals surface area (Å²) >= 11 is 0. The van der Waals surface area contributed by atoms with E-state index in [4.69, 9.17) is 0 Å². The van der Waals surface area contributed by atoms with E-state index in [1.165, 1.54) is 12.1 Å². The zero-order valence-electron chi connectivity index (χ0n) is 13.9. The van der Waals surface area contributed by atoms with E-state index in [-0.39, 0.29) is 30.0 Å². The molecule has 0 aliphatic carbocycles. The molecule has 1 aliphatic rings. The maximum atomic E-state index is 12.1. The molecule has 0 aromatic heterocycles. The van der Waals surface area contributed by atoms with Crippen molar-refractivity contribution >= 4 is 23.2 Å². The summed E-state index contributed by atoms with van der Waals surface area (Å²) < 4.78 is 0. The van der Waals surface area contributed by atoms with Crippen molar-refractivity contribution in [1.29, 1.82) is 0 Å². The summed E-state index contributed by atoms with van der Waals surface area (Å²) in [4.78, 5) is 36.3. The van der Waals surface area contributed by atoms with E-state index in [1.807, 2.05) is 4.90 Å². The van der Waals surface area contributed by atoms with Crippen LogP contribution in [-0.2, 0) is 9.59 Å². The summed E-state index contributed by atoms with van der Waals surface area (Å²) in [6.07, 6.45) is 1.96. The third-order valence-corrected chi connectivity index (χ3v) is 4.24. The van der Waals surface area contributed by atoms with Crippen LogP contribution in [0.15, 0.2) is 18.2 Å². The number of hydrogen-bond acceptors (Lipinski definition) is 5. The van der Waals surface area contributed by atoms with E-state index in [0.717, 1.165) is 24.9 Å². The number of likely N-dealkylation sites (N-methyl/N-ethyl adjacent to an activating group) is 1. The van der Waals surface area contributed by atoms with Gasteiger partial charge >= 0.3 is 0 Å². The van der Waals surface area contributed by atoms with Gasteiger partial charge in [-0.25, -0.2) is 0 Å². The van der Waals surface area contributed by atoms with Crippen molar-refractivity contribution in [3.63, 3.8) is 0 Å². The van der Waals surface area contributed by atoms with Crippen molar-refractivity contribution in [3.8, 4) is 0 Å². The Morgan fingerprint density at radius 3 is 2.83 bits per heavy atom. The Kier molecular flexibility index (Phi) is 5.86. The minimum atomic E-state index is -0.493. The number of rotatable bonds is 6. The van der Waals surface area contributed by atoms with Crippen molar-refractivity contribution in [1.82, 2.24) is 10.2 Å². The van der Waals surface area contributed by atoms with Crippen LogP contribution in [0.25, 0.3) is 0 Å². The summed E-state index contributed by atoms with van der Waals surface area (Å²) in [5.74, 6) is -0.247. The molecular formula is C16H22N4O4. The first-order chi connectivity index (χ1) is 11.4. The predicted octanol–water partition coefficient (Wildman–Crippen LogP) is 1.44. The molecule has 1 aliphatic heterocycles. The quantitative estimate of drug-likeness (QED) is 0.605. The molecule has 8 heteroatoms. The van der Waals surface area contributed by atoms with Crippen LogP contribution in [0.1, 0.15) is 24.8 Å². The van der Waals surface area contributed by atoms with E-state index in [0.29, 0.717) is 12.2 Å². The highest BCUT2D eigenvalue weighted by Gasteiger charge is 2.29. The molecule has 8 nitrogen and oxygen atoms in total. The number of nitrogens with one attached hydrogen (secondary N) is 2. The van der Waals surface area contributed by atoms with Crippen LogP contribution in [-0.4, -0.2) is 47.8 Å². The van der Waals surface area contributed by atoms with E-state index in [9.17, 15) is 19.7 Å². The third-order valence-electron chi connectivity index (χ3n) is 4.24. The van der Waals surface area contributed by atoms with Crippen molar-refractivity contribution in [2.45, 2.75) is 32.2 Å². The molecule has 1 aromatic rings. The van der Waals surface area contributed by atoms with E-state index < -0.39 is 4.92 Å². The van der Waals surface area contributed by atoms with Crippen molar-refractivity contribution in [2.75, 3.05) is 25.5 Å². The average Bonchev–Trinajstić information content (AvgIpc) is 3.02.